The minimum atomic E-state index is 0.891. The second-order valence-electron chi connectivity index (χ2n) is 3.25. The summed E-state index contributed by atoms with van der Waals surface area (Å²) >= 11 is 5.25. The normalized spacial score (nSPS) is 9.77. The first-order chi connectivity index (χ1) is 6.15. The topological polar surface area (TPSA) is 3.24 Å². The lowest BCUT2D eigenvalue weighted by Crippen LogP contribution is -2.20. The summed E-state index contributed by atoms with van der Waals surface area (Å²) < 4.78 is 0. The molecule has 1 rings (SSSR count). The number of hydrogen-bond acceptors (Lipinski definition) is 1. The van der Waals surface area contributed by atoms with E-state index < -0.39 is 0 Å². The van der Waals surface area contributed by atoms with Crippen LogP contribution in [0.2, 0.25) is 0 Å². The molecule has 0 atom stereocenters. The summed E-state index contributed by atoms with van der Waals surface area (Å²) in [7, 11) is 3.94. The van der Waals surface area contributed by atoms with E-state index in [1.54, 1.807) is 0 Å². The van der Waals surface area contributed by atoms with Crippen LogP contribution in [0.1, 0.15) is 18.1 Å². The van der Waals surface area contributed by atoms with E-state index in [0.29, 0.717) is 0 Å². The van der Waals surface area contributed by atoms with E-state index in [-0.39, 0.29) is 0 Å². The Hall–Kier alpha value is -0.890. The van der Waals surface area contributed by atoms with Crippen LogP contribution in [-0.4, -0.2) is 24.0 Å². The average molecular weight is 193 g/mol. The molecule has 2 heteroatoms. The maximum atomic E-state index is 5.25. The smallest absolute Gasteiger partial charge is 0.108 e. The molecule has 0 fully saturated rings. The highest BCUT2D eigenvalue weighted by Crippen LogP contribution is 2.07. The van der Waals surface area contributed by atoms with E-state index in [2.05, 4.69) is 31.2 Å². The standard InChI is InChI=1S/C11H15NS/c1-4-9-5-7-10(8-6-9)11(13)12(2)3/h5-8H,4H2,1-3H3. The number of rotatable bonds is 2. The molecule has 0 N–H and O–H groups in total. The molecule has 0 aliphatic carbocycles. The molecule has 0 saturated carbocycles. The zero-order chi connectivity index (χ0) is 9.84. The van der Waals surface area contributed by atoms with Crippen LogP contribution in [0.25, 0.3) is 0 Å². The largest absolute Gasteiger partial charge is 0.368 e. The molecule has 0 aliphatic heterocycles. The van der Waals surface area contributed by atoms with E-state index in [0.717, 1.165) is 17.0 Å². The van der Waals surface area contributed by atoms with Crippen molar-refractivity contribution in [2.75, 3.05) is 14.1 Å². The van der Waals surface area contributed by atoms with Crippen molar-refractivity contribution < 1.29 is 0 Å². The van der Waals surface area contributed by atoms with Gasteiger partial charge in [-0.2, -0.15) is 0 Å². The van der Waals surface area contributed by atoms with E-state index in [1.807, 2.05) is 19.0 Å². The van der Waals surface area contributed by atoms with Gasteiger partial charge in [-0.25, -0.2) is 0 Å². The van der Waals surface area contributed by atoms with Gasteiger partial charge in [-0.1, -0.05) is 43.4 Å². The van der Waals surface area contributed by atoms with Crippen molar-refractivity contribution in [2.24, 2.45) is 0 Å². The molecule has 1 nitrogen and oxygen atoms in total. The van der Waals surface area contributed by atoms with Crippen molar-refractivity contribution in [2.45, 2.75) is 13.3 Å². The van der Waals surface area contributed by atoms with Crippen molar-refractivity contribution in [3.8, 4) is 0 Å². The van der Waals surface area contributed by atoms with Crippen LogP contribution in [0.15, 0.2) is 24.3 Å². The molecule has 1 aromatic carbocycles. The van der Waals surface area contributed by atoms with Gasteiger partial charge in [-0.05, 0) is 12.0 Å². The predicted octanol–water partition coefficient (Wildman–Crippen LogP) is 2.49. The lowest BCUT2D eigenvalue weighted by atomic mass is 10.1. The maximum Gasteiger partial charge on any atom is 0.108 e. The summed E-state index contributed by atoms with van der Waals surface area (Å²) in [6.45, 7) is 2.15. The van der Waals surface area contributed by atoms with Crippen LogP contribution in [0, 0.1) is 0 Å². The summed E-state index contributed by atoms with van der Waals surface area (Å²) in [5.41, 5.74) is 2.47. The Kier molecular flexibility index (Phi) is 3.43. The third-order valence-corrected chi connectivity index (χ3v) is 2.62. The summed E-state index contributed by atoms with van der Waals surface area (Å²) in [5.74, 6) is 0. The Morgan fingerprint density at radius 1 is 1.23 bits per heavy atom. The van der Waals surface area contributed by atoms with Crippen LogP contribution in [0.5, 0.6) is 0 Å². The predicted molar refractivity (Wildman–Crippen MR) is 61.2 cm³/mol. The van der Waals surface area contributed by atoms with Crippen LogP contribution in [0.3, 0.4) is 0 Å². The third-order valence-electron chi connectivity index (χ3n) is 2.02. The molecular formula is C11H15NS. The van der Waals surface area contributed by atoms with Crippen LogP contribution in [-0.2, 0) is 6.42 Å². The number of thiocarbonyl (C=S) groups is 1. The minimum Gasteiger partial charge on any atom is -0.368 e. The average Bonchev–Trinajstić information content (AvgIpc) is 2.17. The van der Waals surface area contributed by atoms with E-state index >= 15 is 0 Å². The second-order valence-corrected chi connectivity index (χ2v) is 3.64. The molecule has 0 aromatic heterocycles. The summed E-state index contributed by atoms with van der Waals surface area (Å²) in [4.78, 5) is 2.85. The van der Waals surface area contributed by atoms with E-state index in [9.17, 15) is 0 Å². The Morgan fingerprint density at radius 3 is 2.15 bits per heavy atom. The van der Waals surface area contributed by atoms with Crippen LogP contribution >= 0.6 is 12.2 Å². The molecule has 0 heterocycles. The zero-order valence-corrected chi connectivity index (χ0v) is 9.19. The highest BCUT2D eigenvalue weighted by Gasteiger charge is 2.01. The van der Waals surface area contributed by atoms with Crippen LogP contribution in [0.4, 0.5) is 0 Å². The Balaban J connectivity index is 2.86. The lowest BCUT2D eigenvalue weighted by Gasteiger charge is -2.13. The van der Waals surface area contributed by atoms with Gasteiger partial charge in [0.05, 0.1) is 0 Å². The van der Waals surface area contributed by atoms with Gasteiger partial charge in [0.15, 0.2) is 0 Å². The van der Waals surface area contributed by atoms with Gasteiger partial charge >= 0.3 is 0 Å². The lowest BCUT2D eigenvalue weighted by molar-refractivity contribution is 0.636. The van der Waals surface area contributed by atoms with Gasteiger partial charge in [0.1, 0.15) is 4.99 Å². The maximum absolute atomic E-state index is 5.25. The number of nitrogens with zero attached hydrogens (tertiary/aromatic N) is 1. The summed E-state index contributed by atoms with van der Waals surface area (Å²) in [5, 5.41) is 0. The van der Waals surface area contributed by atoms with Gasteiger partial charge in [-0.15, -0.1) is 0 Å². The van der Waals surface area contributed by atoms with Gasteiger partial charge in [0, 0.05) is 19.7 Å². The van der Waals surface area contributed by atoms with Crippen molar-refractivity contribution in [1.82, 2.24) is 4.90 Å². The molecule has 13 heavy (non-hydrogen) atoms. The highest BCUT2D eigenvalue weighted by molar-refractivity contribution is 7.80. The Bertz CT molecular complexity index is 287. The Morgan fingerprint density at radius 2 is 1.77 bits per heavy atom. The first-order valence-corrected chi connectivity index (χ1v) is 4.86. The SMILES string of the molecule is CCc1ccc(C(=S)N(C)C)cc1. The molecule has 0 bridgehead atoms. The molecule has 70 valence electrons. The first kappa shape index (κ1) is 10.2. The van der Waals surface area contributed by atoms with Crippen LogP contribution < -0.4 is 0 Å². The monoisotopic (exact) mass is 193 g/mol. The molecule has 0 aliphatic rings. The molecule has 0 spiro atoms. The highest BCUT2D eigenvalue weighted by atomic mass is 32.1. The number of hydrogen-bond donors (Lipinski definition) is 0. The van der Waals surface area contributed by atoms with Crippen molar-refractivity contribution in [1.29, 1.82) is 0 Å². The second kappa shape index (κ2) is 4.38. The quantitative estimate of drug-likeness (QED) is 0.664. The van der Waals surface area contributed by atoms with E-state index in [4.69, 9.17) is 12.2 Å². The van der Waals surface area contributed by atoms with Crippen molar-refractivity contribution >= 4 is 17.2 Å². The van der Waals surface area contributed by atoms with Gasteiger partial charge in [0.2, 0.25) is 0 Å². The molecule has 0 radical (unpaired) electrons. The number of aryl methyl sites for hydroxylation is 1. The first-order valence-electron chi connectivity index (χ1n) is 4.45. The van der Waals surface area contributed by atoms with Gasteiger partial charge in [0.25, 0.3) is 0 Å². The van der Waals surface area contributed by atoms with E-state index in [1.165, 1.54) is 5.56 Å². The fourth-order valence-electron chi connectivity index (χ4n) is 1.14. The number of benzene rings is 1. The summed E-state index contributed by atoms with van der Waals surface area (Å²) in [6, 6.07) is 8.43. The minimum absolute atomic E-state index is 0.891. The molecular weight excluding hydrogens is 178 g/mol. The van der Waals surface area contributed by atoms with Gasteiger partial charge < -0.3 is 4.90 Å². The Labute approximate surface area is 85.4 Å². The molecule has 0 unspecified atom stereocenters. The fourth-order valence-corrected chi connectivity index (χ4v) is 1.28. The fraction of sp³-hybridized carbons (Fsp3) is 0.364. The third kappa shape index (κ3) is 2.52. The molecule has 1 aromatic rings. The van der Waals surface area contributed by atoms with Crippen molar-refractivity contribution in [3.63, 3.8) is 0 Å². The summed E-state index contributed by atoms with van der Waals surface area (Å²) in [6.07, 6.45) is 1.08. The molecule has 0 saturated heterocycles. The zero-order valence-electron chi connectivity index (χ0n) is 8.37. The van der Waals surface area contributed by atoms with Gasteiger partial charge in [-0.3, -0.25) is 0 Å². The molecule has 0 amide bonds. The van der Waals surface area contributed by atoms with Crippen molar-refractivity contribution in [3.05, 3.63) is 35.4 Å².